The predicted molar refractivity (Wildman–Crippen MR) is 390 cm³/mol. The average molecular weight is 1560 g/mol. The number of carbonyl (C=O) groups is 3. The summed E-state index contributed by atoms with van der Waals surface area (Å²) in [5.74, 6) is -11.2. The fourth-order valence-electron chi connectivity index (χ4n) is 15.8. The molecule has 0 saturated carbocycles. The number of carbonyl (C=O) groups excluding carboxylic acids is 3. The van der Waals surface area contributed by atoms with Crippen LogP contribution in [0.4, 0.5) is 0 Å². The molecular formula is C78H138O30. The third-order valence-electron chi connectivity index (χ3n) is 22.9. The summed E-state index contributed by atoms with van der Waals surface area (Å²) in [6, 6.07) is 0. The van der Waals surface area contributed by atoms with Crippen LogP contribution in [0, 0.1) is 35.5 Å². The van der Waals surface area contributed by atoms with E-state index < -0.39 is 250 Å². The van der Waals surface area contributed by atoms with E-state index in [0.29, 0.717) is 6.42 Å². The van der Waals surface area contributed by atoms with Crippen LogP contribution >= 0.6 is 0 Å². The van der Waals surface area contributed by atoms with E-state index in [1.807, 2.05) is 13.0 Å². The van der Waals surface area contributed by atoms with Crippen molar-refractivity contribution in [2.45, 2.75) is 400 Å². The van der Waals surface area contributed by atoms with Gasteiger partial charge in [-0.1, -0.05) is 112 Å². The number of unbranched alkanes of at least 4 members (excludes halogenated alkanes) is 7. The van der Waals surface area contributed by atoms with Gasteiger partial charge in [-0.3, -0.25) is 9.59 Å². The van der Waals surface area contributed by atoms with Crippen LogP contribution in [0.15, 0.2) is 24.3 Å². The molecule has 4 saturated heterocycles. The van der Waals surface area contributed by atoms with Gasteiger partial charge in [0.05, 0.1) is 111 Å². The summed E-state index contributed by atoms with van der Waals surface area (Å²) >= 11 is 0. The molecule has 4 fully saturated rings. The highest BCUT2D eigenvalue weighted by molar-refractivity contribution is 5.91. The maximum absolute atomic E-state index is 14.6. The Hall–Kier alpha value is -2.91. The zero-order chi connectivity index (χ0) is 80.4. The zero-order valence-electron chi connectivity index (χ0n) is 65.3. The molecule has 630 valence electrons. The minimum absolute atomic E-state index is 0.0378. The van der Waals surface area contributed by atoms with Crippen LogP contribution < -0.4 is 0 Å². The Morgan fingerprint density at radius 1 is 0.667 bits per heavy atom. The largest absolute Gasteiger partial charge is 0.459 e. The van der Waals surface area contributed by atoms with Gasteiger partial charge in [0, 0.05) is 62.0 Å². The second-order valence-corrected chi connectivity index (χ2v) is 32.0. The topological polar surface area (TPSA) is 502 Å². The van der Waals surface area contributed by atoms with Crippen LogP contribution in [0.1, 0.15) is 223 Å². The lowest BCUT2D eigenvalue weighted by Gasteiger charge is -2.46. The number of aliphatic hydroxyl groups excluding tert-OH is 17. The summed E-state index contributed by atoms with van der Waals surface area (Å²) in [4.78, 5) is 41.9. The number of hydrogen-bond acceptors (Lipinski definition) is 30. The SMILES string of the molecule is CCCCCCCCC/C=C/[C@H](O)C[C@@H](O)CC(=O)O[C@@H]1C[C@H](O[C@H](CC)[C@H](C)[C@@H](O)[C@@H](C)[C@@H](O)[C@H](C)[C@@H]2OC(=O)C=C[C@H](C)[C@@H](O)C[C@H](O)CCC[C@H](O)CC[C@@H](C)[C@@H](O[C@H]3O[C@H](CO)[C@@H](O)[C@H](O)[C@@H]3O)C(=O)[C@@]3(O)O[C@@H](C[C@H](O)C[C@H](O)C[C@H](O)CCC[C@H](O)[C@@H]4O[C@H]4[C@H]2C)C[C@@H](O)[C@H]3O)O[C@H](C)[C@H]1OC. The molecule has 0 aromatic heterocycles. The third kappa shape index (κ3) is 29.4. The normalized spacial score (nSPS) is 39.9. The smallest absolute Gasteiger partial charge is 0.330 e. The summed E-state index contributed by atoms with van der Waals surface area (Å²) in [6.07, 6.45) is -22.1. The van der Waals surface area contributed by atoms with Crippen molar-refractivity contribution >= 4 is 17.7 Å². The number of hydrogen-bond donors (Lipinski definition) is 18. The summed E-state index contributed by atoms with van der Waals surface area (Å²) in [7, 11) is 1.46. The summed E-state index contributed by atoms with van der Waals surface area (Å²) < 4.78 is 53.9. The van der Waals surface area contributed by atoms with Crippen LogP contribution in [0.5, 0.6) is 0 Å². The fourth-order valence-corrected chi connectivity index (χ4v) is 15.8. The number of aliphatic hydroxyl groups is 18. The number of esters is 2. The van der Waals surface area contributed by atoms with Gasteiger partial charge in [-0.05, 0) is 109 Å². The predicted octanol–water partition coefficient (Wildman–Crippen LogP) is 1.99. The van der Waals surface area contributed by atoms with Crippen molar-refractivity contribution in [2.75, 3.05) is 13.7 Å². The molecule has 30 heteroatoms. The lowest BCUT2D eigenvalue weighted by Crippen LogP contribution is -2.66. The van der Waals surface area contributed by atoms with Gasteiger partial charge in [-0.2, -0.15) is 0 Å². The Balaban J connectivity index is 1.27. The van der Waals surface area contributed by atoms with Crippen molar-refractivity contribution in [3.63, 3.8) is 0 Å². The Bertz CT molecular complexity index is 2610. The number of methoxy groups -OCH3 is 1. The fraction of sp³-hybridized carbons (Fsp3) is 0.910. The standard InChI is InChI=1S/C78H138O30/c1-11-13-14-15-16-17-18-19-20-23-49(81)33-54(86)37-63(91)102-60-39-64(101-47(9)73(60)100-10)103-59(12-2)43(5)65(92)44(6)66(93)45(7)71-46(8)72-74(106-72)56(87)27-22-26-50(82)32-52(84)34-53(85)35-55-38-58(89)75(97)78(99,108-55)76(98)70(107-77-69(96)68(95)67(94)61(40-79)104-77)42(4)28-30-48(80)24-21-25-51(83)36-57(88)41(3)29-31-62(90)105-71/h20,23,29,31,41-61,64-75,77,79-89,92-97,99H,11-19,21-22,24-28,30,32-40H2,1-10H3/b23-20+,31-29?/t41-,42+,43-,44+,45-,46-,47+,48-,49-,50+,51+,52+,53+,54+,55-,56-,57-,58+,59+,60+,61+,64-,65+,66+,67+,68-,69-,70+,71-,72-,73+,74-,75+,77+,78-/m0/s1. The van der Waals surface area contributed by atoms with Gasteiger partial charge in [0.2, 0.25) is 5.78 Å². The third-order valence-corrected chi connectivity index (χ3v) is 22.9. The second-order valence-electron chi connectivity index (χ2n) is 32.0. The lowest BCUT2D eigenvalue weighted by atomic mass is 9.77. The second kappa shape index (κ2) is 47.2. The first-order valence-corrected chi connectivity index (χ1v) is 40.0. The van der Waals surface area contributed by atoms with E-state index in [-0.39, 0.29) is 89.9 Å². The van der Waals surface area contributed by atoms with Crippen LogP contribution in [0.25, 0.3) is 0 Å². The molecule has 0 aliphatic carbocycles. The molecular weight excluding hydrogens is 1420 g/mol. The lowest BCUT2D eigenvalue weighted by molar-refractivity contribution is -0.328. The van der Waals surface area contributed by atoms with Gasteiger partial charge < -0.3 is 135 Å². The van der Waals surface area contributed by atoms with Gasteiger partial charge in [0.15, 0.2) is 12.6 Å². The Kier molecular flexibility index (Phi) is 41.8. The number of rotatable bonds is 27. The van der Waals surface area contributed by atoms with Gasteiger partial charge in [0.1, 0.15) is 61.0 Å². The molecule has 5 aliphatic heterocycles. The molecule has 5 rings (SSSR count). The molecule has 18 N–H and O–H groups in total. The van der Waals surface area contributed by atoms with Crippen LogP contribution in [-0.2, 0) is 57.0 Å². The molecule has 108 heavy (non-hydrogen) atoms. The van der Waals surface area contributed by atoms with Crippen LogP contribution in [0.2, 0.25) is 0 Å². The molecule has 0 unspecified atom stereocenters. The maximum atomic E-state index is 14.6. The van der Waals surface area contributed by atoms with Crippen LogP contribution in [0.3, 0.4) is 0 Å². The first kappa shape index (κ1) is 95.7. The molecule has 0 amide bonds. The highest BCUT2D eigenvalue weighted by Gasteiger charge is 2.58. The zero-order valence-corrected chi connectivity index (χ0v) is 65.3. The van der Waals surface area contributed by atoms with Gasteiger partial charge >= 0.3 is 11.9 Å². The quantitative estimate of drug-likeness (QED) is 0.0242. The Labute approximate surface area is 637 Å². The number of ether oxygens (including phenoxy) is 9. The van der Waals surface area contributed by atoms with Crippen molar-refractivity contribution in [1.82, 2.24) is 0 Å². The molecule has 5 heterocycles. The van der Waals surface area contributed by atoms with E-state index in [9.17, 15) is 106 Å². The number of Topliss-reactive ketones (excluding diaryl/α,β-unsaturated/α-hetero) is 1. The molecule has 30 nitrogen and oxygen atoms in total. The Morgan fingerprint density at radius 3 is 1.95 bits per heavy atom. The van der Waals surface area contributed by atoms with E-state index in [4.69, 9.17) is 42.6 Å². The summed E-state index contributed by atoms with van der Waals surface area (Å²) in [6.45, 7) is 14.8. The monoisotopic (exact) mass is 1550 g/mol. The van der Waals surface area contributed by atoms with E-state index in [2.05, 4.69) is 6.92 Å². The van der Waals surface area contributed by atoms with Crippen molar-refractivity contribution < 1.29 is 149 Å². The molecule has 35 atom stereocenters. The average Bonchev–Trinajstić information content (AvgIpc) is 0.865. The first-order valence-electron chi connectivity index (χ1n) is 40.0. The van der Waals surface area contributed by atoms with E-state index in [1.165, 1.54) is 52.2 Å². The van der Waals surface area contributed by atoms with Crippen molar-refractivity contribution in [1.29, 1.82) is 0 Å². The minimum atomic E-state index is -3.27. The number of fused-ring (bicyclic) bond motifs is 3. The van der Waals surface area contributed by atoms with Gasteiger partial charge in [-0.25, -0.2) is 4.79 Å². The van der Waals surface area contributed by atoms with Gasteiger partial charge in [-0.15, -0.1) is 0 Å². The molecule has 0 aromatic carbocycles. The maximum Gasteiger partial charge on any atom is 0.330 e. The first-order chi connectivity index (χ1) is 51.0. The number of allylic oxidation sites excluding steroid dienone is 1. The summed E-state index contributed by atoms with van der Waals surface area (Å²) in [5.41, 5.74) is 0. The van der Waals surface area contributed by atoms with E-state index in [1.54, 1.807) is 47.6 Å². The van der Waals surface area contributed by atoms with E-state index in [0.717, 1.165) is 25.3 Å². The Morgan fingerprint density at radius 2 is 1.30 bits per heavy atom. The number of cyclic esters (lactones) is 1. The van der Waals surface area contributed by atoms with Crippen molar-refractivity contribution in [3.05, 3.63) is 24.3 Å². The number of epoxide rings is 1. The number of ketones is 1. The van der Waals surface area contributed by atoms with E-state index >= 15 is 0 Å². The van der Waals surface area contributed by atoms with Crippen LogP contribution in [-0.4, -0.2) is 300 Å². The minimum Gasteiger partial charge on any atom is -0.459 e. The summed E-state index contributed by atoms with van der Waals surface area (Å²) in [5, 5.41) is 200. The molecule has 0 aromatic rings. The highest BCUT2D eigenvalue weighted by atomic mass is 16.7. The highest BCUT2D eigenvalue weighted by Crippen LogP contribution is 2.42. The molecule has 5 aliphatic rings. The molecule has 0 radical (unpaired) electrons. The molecule has 0 spiro atoms. The van der Waals surface area contributed by atoms with Crippen molar-refractivity contribution in [3.8, 4) is 0 Å². The van der Waals surface area contributed by atoms with Gasteiger partial charge in [0.25, 0.3) is 5.79 Å². The van der Waals surface area contributed by atoms with Crippen molar-refractivity contribution in [2.24, 2.45) is 35.5 Å². The molecule has 2 bridgehead atoms.